The van der Waals surface area contributed by atoms with Gasteiger partial charge in [0.1, 0.15) is 11.2 Å². The molecule has 2 aromatic heterocycles. The fraction of sp³-hybridized carbons (Fsp3) is 0. The van der Waals surface area contributed by atoms with Crippen LogP contribution in [0.1, 0.15) is 0 Å². The molecule has 0 amide bonds. The van der Waals surface area contributed by atoms with Crippen LogP contribution in [0.3, 0.4) is 0 Å². The SMILES string of the molecule is c1ccc(-c2ccc3cc(-c4ccc5c(c4)oc4cc6ccccc6c(-c6nc(-c7ccccc7)nc(-c7ccccc7)n6)c45)ccc3c2)cc1. The smallest absolute Gasteiger partial charge is 0.165 e. The molecule has 51 heavy (non-hydrogen) atoms. The second-order valence-corrected chi connectivity index (χ2v) is 12.8. The number of benzene rings is 8. The van der Waals surface area contributed by atoms with Crippen LogP contribution in [0.2, 0.25) is 0 Å². The van der Waals surface area contributed by atoms with E-state index in [0.717, 1.165) is 60.5 Å². The van der Waals surface area contributed by atoms with Gasteiger partial charge in [0.15, 0.2) is 17.5 Å². The third-order valence-corrected chi connectivity index (χ3v) is 9.69. The minimum Gasteiger partial charge on any atom is -0.456 e. The van der Waals surface area contributed by atoms with Gasteiger partial charge in [0.25, 0.3) is 0 Å². The van der Waals surface area contributed by atoms with Gasteiger partial charge in [-0.15, -0.1) is 0 Å². The first-order valence-electron chi connectivity index (χ1n) is 17.1. The Morgan fingerprint density at radius 1 is 0.314 bits per heavy atom. The molecule has 0 radical (unpaired) electrons. The van der Waals surface area contributed by atoms with Crippen LogP contribution in [-0.4, -0.2) is 15.0 Å². The van der Waals surface area contributed by atoms with Gasteiger partial charge in [0, 0.05) is 27.5 Å². The molecule has 4 nitrogen and oxygen atoms in total. The standard InChI is InChI=1S/C47H29N3O/c1-4-12-30(13-5-1)33-20-21-35-27-36(23-22-34(35)26-33)37-24-25-40-41(28-37)51-42-29-38-18-10-11-19-39(38)44(43(40)42)47-49-45(31-14-6-2-7-15-31)48-46(50-47)32-16-8-3-9-17-32/h1-29H. The molecule has 0 aliphatic rings. The van der Waals surface area contributed by atoms with Crippen LogP contribution in [0, 0.1) is 0 Å². The number of rotatable bonds is 5. The Hall–Kier alpha value is -6.91. The molecule has 0 saturated carbocycles. The molecule has 0 N–H and O–H groups in total. The van der Waals surface area contributed by atoms with Crippen molar-refractivity contribution in [3.05, 3.63) is 176 Å². The molecule has 2 heterocycles. The van der Waals surface area contributed by atoms with Crippen molar-refractivity contribution in [3.8, 4) is 56.4 Å². The van der Waals surface area contributed by atoms with Crippen LogP contribution in [0.15, 0.2) is 180 Å². The number of hydrogen-bond acceptors (Lipinski definition) is 4. The van der Waals surface area contributed by atoms with Gasteiger partial charge in [-0.05, 0) is 74.1 Å². The van der Waals surface area contributed by atoms with Gasteiger partial charge >= 0.3 is 0 Å². The minimum atomic E-state index is 0.612. The van der Waals surface area contributed by atoms with Crippen molar-refractivity contribution in [1.29, 1.82) is 0 Å². The van der Waals surface area contributed by atoms with E-state index in [0.29, 0.717) is 17.5 Å². The van der Waals surface area contributed by atoms with Gasteiger partial charge in [0.2, 0.25) is 0 Å². The van der Waals surface area contributed by atoms with Gasteiger partial charge in [-0.25, -0.2) is 15.0 Å². The van der Waals surface area contributed by atoms with E-state index in [1.54, 1.807) is 0 Å². The highest BCUT2D eigenvalue weighted by atomic mass is 16.3. The fourth-order valence-corrected chi connectivity index (χ4v) is 7.17. The normalized spacial score (nSPS) is 11.5. The monoisotopic (exact) mass is 651 g/mol. The maximum atomic E-state index is 6.70. The Morgan fingerprint density at radius 2 is 0.824 bits per heavy atom. The number of fused-ring (bicyclic) bond motifs is 5. The van der Waals surface area contributed by atoms with Crippen molar-refractivity contribution < 1.29 is 4.42 Å². The third-order valence-electron chi connectivity index (χ3n) is 9.69. The Kier molecular flexibility index (Phi) is 6.78. The summed E-state index contributed by atoms with van der Waals surface area (Å²) in [5.74, 6) is 1.87. The van der Waals surface area contributed by atoms with Crippen molar-refractivity contribution in [1.82, 2.24) is 15.0 Å². The third kappa shape index (κ3) is 5.13. The van der Waals surface area contributed by atoms with Crippen LogP contribution in [0.4, 0.5) is 0 Å². The summed E-state index contributed by atoms with van der Waals surface area (Å²) in [4.78, 5) is 15.2. The zero-order valence-electron chi connectivity index (χ0n) is 27.5. The predicted molar refractivity (Wildman–Crippen MR) is 209 cm³/mol. The molecule has 0 bridgehead atoms. The van der Waals surface area contributed by atoms with E-state index in [2.05, 4.69) is 115 Å². The lowest BCUT2D eigenvalue weighted by Crippen LogP contribution is -2.00. The van der Waals surface area contributed by atoms with Crippen LogP contribution in [0.5, 0.6) is 0 Å². The molecule has 0 spiro atoms. The van der Waals surface area contributed by atoms with Crippen molar-refractivity contribution in [2.75, 3.05) is 0 Å². The van der Waals surface area contributed by atoms with Gasteiger partial charge < -0.3 is 4.42 Å². The van der Waals surface area contributed by atoms with E-state index in [1.165, 1.54) is 21.9 Å². The molecule has 0 saturated heterocycles. The molecule has 0 aliphatic heterocycles. The van der Waals surface area contributed by atoms with Gasteiger partial charge in [0.05, 0.1) is 0 Å². The lowest BCUT2D eigenvalue weighted by molar-refractivity contribution is 0.669. The number of nitrogens with zero attached hydrogens (tertiary/aromatic N) is 3. The van der Waals surface area contributed by atoms with E-state index < -0.39 is 0 Å². The van der Waals surface area contributed by atoms with Crippen LogP contribution in [0.25, 0.3) is 99.9 Å². The Balaban J connectivity index is 1.15. The highest BCUT2D eigenvalue weighted by Crippen LogP contribution is 2.42. The summed E-state index contributed by atoms with van der Waals surface area (Å²) in [7, 11) is 0. The number of aromatic nitrogens is 3. The first-order chi connectivity index (χ1) is 25.2. The molecule has 10 aromatic rings. The average molecular weight is 652 g/mol. The Morgan fingerprint density at radius 3 is 1.47 bits per heavy atom. The molecular weight excluding hydrogens is 623 g/mol. The zero-order chi connectivity index (χ0) is 33.7. The van der Waals surface area contributed by atoms with Crippen molar-refractivity contribution in [2.24, 2.45) is 0 Å². The Labute approximate surface area is 294 Å². The lowest BCUT2D eigenvalue weighted by Gasteiger charge is -2.11. The van der Waals surface area contributed by atoms with E-state index >= 15 is 0 Å². The van der Waals surface area contributed by atoms with E-state index in [1.807, 2.05) is 60.7 Å². The molecule has 238 valence electrons. The molecule has 8 aromatic carbocycles. The summed E-state index contributed by atoms with van der Waals surface area (Å²) in [5.41, 5.74) is 9.09. The molecule has 0 unspecified atom stereocenters. The first kappa shape index (κ1) is 29.0. The highest BCUT2D eigenvalue weighted by molar-refractivity contribution is 6.20. The van der Waals surface area contributed by atoms with Crippen LogP contribution < -0.4 is 0 Å². The summed E-state index contributed by atoms with van der Waals surface area (Å²) in [6.07, 6.45) is 0. The van der Waals surface area contributed by atoms with E-state index in [9.17, 15) is 0 Å². The number of furan rings is 1. The second-order valence-electron chi connectivity index (χ2n) is 12.8. The first-order valence-corrected chi connectivity index (χ1v) is 17.1. The largest absolute Gasteiger partial charge is 0.456 e. The zero-order valence-corrected chi connectivity index (χ0v) is 27.5. The maximum Gasteiger partial charge on any atom is 0.165 e. The van der Waals surface area contributed by atoms with Crippen LogP contribution in [-0.2, 0) is 0 Å². The molecule has 0 atom stereocenters. The topological polar surface area (TPSA) is 51.8 Å². The van der Waals surface area contributed by atoms with Gasteiger partial charge in [-0.1, -0.05) is 146 Å². The molecular formula is C47H29N3O. The molecule has 10 rings (SSSR count). The maximum absolute atomic E-state index is 6.70. The lowest BCUT2D eigenvalue weighted by atomic mass is 9.95. The number of hydrogen-bond donors (Lipinski definition) is 0. The van der Waals surface area contributed by atoms with E-state index in [4.69, 9.17) is 19.4 Å². The second kappa shape index (κ2) is 11.9. The summed E-state index contributed by atoms with van der Waals surface area (Å²) >= 11 is 0. The quantitative estimate of drug-likeness (QED) is 0.186. The molecule has 4 heteroatoms. The Bertz CT molecular complexity index is 2840. The van der Waals surface area contributed by atoms with Gasteiger partial charge in [-0.2, -0.15) is 0 Å². The average Bonchev–Trinajstić information content (AvgIpc) is 3.57. The van der Waals surface area contributed by atoms with Crippen molar-refractivity contribution >= 4 is 43.5 Å². The summed E-state index contributed by atoms with van der Waals surface area (Å²) in [6, 6.07) is 61.1. The fourth-order valence-electron chi connectivity index (χ4n) is 7.17. The predicted octanol–water partition coefficient (Wildman–Crippen LogP) is 12.4. The van der Waals surface area contributed by atoms with Crippen molar-refractivity contribution in [2.45, 2.75) is 0 Å². The van der Waals surface area contributed by atoms with Crippen LogP contribution >= 0.6 is 0 Å². The van der Waals surface area contributed by atoms with Gasteiger partial charge in [-0.3, -0.25) is 0 Å². The molecule has 0 fully saturated rings. The van der Waals surface area contributed by atoms with E-state index in [-0.39, 0.29) is 0 Å². The highest BCUT2D eigenvalue weighted by Gasteiger charge is 2.21. The summed E-state index contributed by atoms with van der Waals surface area (Å²) in [6.45, 7) is 0. The summed E-state index contributed by atoms with van der Waals surface area (Å²) < 4.78 is 6.70. The summed E-state index contributed by atoms with van der Waals surface area (Å²) in [5, 5.41) is 6.54. The molecule has 0 aliphatic carbocycles. The minimum absolute atomic E-state index is 0.612. The van der Waals surface area contributed by atoms with Crippen molar-refractivity contribution in [3.63, 3.8) is 0 Å².